The van der Waals surface area contributed by atoms with Crippen LogP contribution in [0.15, 0.2) is 17.5 Å². The molecule has 0 fully saturated rings. The van der Waals surface area contributed by atoms with Gasteiger partial charge in [0.15, 0.2) is 0 Å². The first-order chi connectivity index (χ1) is 6.68. The maximum atomic E-state index is 9.13. The minimum atomic E-state index is -0.181. The van der Waals surface area contributed by atoms with Crippen molar-refractivity contribution in [1.82, 2.24) is 4.90 Å². The molecule has 1 heterocycles. The second-order valence-corrected chi connectivity index (χ2v) is 4.80. The van der Waals surface area contributed by atoms with Crippen molar-refractivity contribution < 1.29 is 5.11 Å². The van der Waals surface area contributed by atoms with Crippen LogP contribution in [0.3, 0.4) is 0 Å². The maximum Gasteiger partial charge on any atom is 0.0524 e. The van der Waals surface area contributed by atoms with Crippen molar-refractivity contribution in [2.75, 3.05) is 20.1 Å². The smallest absolute Gasteiger partial charge is 0.0524 e. The molecule has 3 heteroatoms. The predicted molar refractivity (Wildman–Crippen MR) is 61.8 cm³/mol. The molecule has 1 aromatic rings. The van der Waals surface area contributed by atoms with Gasteiger partial charge in [-0.2, -0.15) is 0 Å². The summed E-state index contributed by atoms with van der Waals surface area (Å²) in [5, 5.41) is 11.2. The van der Waals surface area contributed by atoms with Crippen LogP contribution in [0.25, 0.3) is 0 Å². The topological polar surface area (TPSA) is 23.5 Å². The molecule has 0 amide bonds. The molecule has 80 valence electrons. The predicted octanol–water partition coefficient (Wildman–Crippen LogP) is 1.99. The Labute approximate surface area is 90.2 Å². The Morgan fingerprint density at radius 3 is 2.86 bits per heavy atom. The first-order valence-electron chi connectivity index (χ1n) is 5.07. The van der Waals surface area contributed by atoms with Crippen LogP contribution in [-0.2, 0) is 6.42 Å². The van der Waals surface area contributed by atoms with E-state index in [1.165, 1.54) is 4.88 Å². The fraction of sp³-hybridized carbons (Fsp3) is 0.636. The standard InChI is InChI=1S/C11H19NOS/c1-10(13)5-7-12(2)8-6-11-4-3-9-14-11/h3-4,9-10,13H,5-8H2,1-2H3. The summed E-state index contributed by atoms with van der Waals surface area (Å²) >= 11 is 1.81. The quantitative estimate of drug-likeness (QED) is 0.781. The van der Waals surface area contributed by atoms with Gasteiger partial charge in [-0.05, 0) is 38.3 Å². The van der Waals surface area contributed by atoms with E-state index >= 15 is 0 Å². The molecule has 0 saturated carbocycles. The fourth-order valence-electron chi connectivity index (χ4n) is 1.27. The summed E-state index contributed by atoms with van der Waals surface area (Å²) in [5.41, 5.74) is 0. The first-order valence-corrected chi connectivity index (χ1v) is 5.95. The Morgan fingerprint density at radius 2 is 2.29 bits per heavy atom. The van der Waals surface area contributed by atoms with Crippen molar-refractivity contribution in [3.8, 4) is 0 Å². The number of aliphatic hydroxyl groups excluding tert-OH is 1. The van der Waals surface area contributed by atoms with Crippen LogP contribution < -0.4 is 0 Å². The Kier molecular flexibility index (Phi) is 5.15. The highest BCUT2D eigenvalue weighted by atomic mass is 32.1. The van der Waals surface area contributed by atoms with Crippen molar-refractivity contribution >= 4 is 11.3 Å². The average molecular weight is 213 g/mol. The van der Waals surface area contributed by atoms with E-state index in [1.807, 2.05) is 18.3 Å². The number of hydrogen-bond donors (Lipinski definition) is 1. The monoisotopic (exact) mass is 213 g/mol. The molecule has 0 aliphatic heterocycles. The molecule has 0 bridgehead atoms. The van der Waals surface area contributed by atoms with Crippen LogP contribution in [0.5, 0.6) is 0 Å². The number of hydrogen-bond acceptors (Lipinski definition) is 3. The third-order valence-electron chi connectivity index (χ3n) is 2.25. The Hall–Kier alpha value is -0.380. The highest BCUT2D eigenvalue weighted by Crippen LogP contribution is 2.09. The third-order valence-corrected chi connectivity index (χ3v) is 3.18. The van der Waals surface area contributed by atoms with Gasteiger partial charge in [0.05, 0.1) is 6.10 Å². The van der Waals surface area contributed by atoms with E-state index in [4.69, 9.17) is 5.11 Å². The summed E-state index contributed by atoms with van der Waals surface area (Å²) in [5.74, 6) is 0. The zero-order valence-electron chi connectivity index (χ0n) is 8.94. The minimum Gasteiger partial charge on any atom is -0.393 e. The van der Waals surface area contributed by atoms with E-state index in [9.17, 15) is 0 Å². The van der Waals surface area contributed by atoms with Crippen LogP contribution in [0, 0.1) is 0 Å². The van der Waals surface area contributed by atoms with Gasteiger partial charge in [-0.3, -0.25) is 0 Å². The van der Waals surface area contributed by atoms with E-state index in [2.05, 4.69) is 29.5 Å². The highest BCUT2D eigenvalue weighted by Gasteiger charge is 2.02. The molecule has 1 N–H and O–H groups in total. The molecule has 0 radical (unpaired) electrons. The summed E-state index contributed by atoms with van der Waals surface area (Å²) in [6, 6.07) is 4.27. The largest absolute Gasteiger partial charge is 0.393 e. The molecule has 2 nitrogen and oxygen atoms in total. The van der Waals surface area contributed by atoms with E-state index in [0.717, 1.165) is 25.9 Å². The second-order valence-electron chi connectivity index (χ2n) is 3.77. The van der Waals surface area contributed by atoms with Crippen molar-refractivity contribution in [3.05, 3.63) is 22.4 Å². The lowest BCUT2D eigenvalue weighted by molar-refractivity contribution is 0.165. The van der Waals surface area contributed by atoms with Gasteiger partial charge in [0.2, 0.25) is 0 Å². The average Bonchev–Trinajstić information content (AvgIpc) is 2.63. The second kappa shape index (κ2) is 6.17. The van der Waals surface area contributed by atoms with E-state index < -0.39 is 0 Å². The Morgan fingerprint density at radius 1 is 1.50 bits per heavy atom. The molecule has 0 spiro atoms. The van der Waals surface area contributed by atoms with Gasteiger partial charge in [0.25, 0.3) is 0 Å². The Bertz CT molecular complexity index is 233. The summed E-state index contributed by atoms with van der Waals surface area (Å²) in [6.07, 6.45) is 1.80. The molecule has 0 saturated heterocycles. The van der Waals surface area contributed by atoms with E-state index in [-0.39, 0.29) is 6.10 Å². The van der Waals surface area contributed by atoms with Crippen LogP contribution >= 0.6 is 11.3 Å². The molecule has 0 aliphatic carbocycles. The summed E-state index contributed by atoms with van der Waals surface area (Å²) in [6.45, 7) is 3.89. The molecular formula is C11H19NOS. The molecular weight excluding hydrogens is 194 g/mol. The van der Waals surface area contributed by atoms with Crippen LogP contribution in [0.2, 0.25) is 0 Å². The van der Waals surface area contributed by atoms with E-state index in [0.29, 0.717) is 0 Å². The van der Waals surface area contributed by atoms with Crippen LogP contribution in [0.4, 0.5) is 0 Å². The number of thiophene rings is 1. The van der Waals surface area contributed by atoms with Crippen molar-refractivity contribution in [2.24, 2.45) is 0 Å². The van der Waals surface area contributed by atoms with Gasteiger partial charge in [-0.1, -0.05) is 6.07 Å². The van der Waals surface area contributed by atoms with Crippen molar-refractivity contribution in [1.29, 1.82) is 0 Å². The van der Waals surface area contributed by atoms with Gasteiger partial charge in [-0.15, -0.1) is 11.3 Å². The van der Waals surface area contributed by atoms with Crippen LogP contribution in [0.1, 0.15) is 18.2 Å². The molecule has 1 aromatic heterocycles. The summed E-state index contributed by atoms with van der Waals surface area (Å²) in [4.78, 5) is 3.71. The molecule has 0 aliphatic rings. The van der Waals surface area contributed by atoms with E-state index in [1.54, 1.807) is 0 Å². The van der Waals surface area contributed by atoms with Gasteiger partial charge in [0.1, 0.15) is 0 Å². The molecule has 0 aromatic carbocycles. The van der Waals surface area contributed by atoms with Crippen LogP contribution in [-0.4, -0.2) is 36.2 Å². The lowest BCUT2D eigenvalue weighted by Gasteiger charge is -2.16. The number of nitrogens with zero attached hydrogens (tertiary/aromatic N) is 1. The molecule has 1 rings (SSSR count). The first kappa shape index (κ1) is 11.7. The number of rotatable bonds is 6. The molecule has 1 unspecified atom stereocenters. The van der Waals surface area contributed by atoms with Crippen molar-refractivity contribution in [3.63, 3.8) is 0 Å². The summed E-state index contributed by atoms with van der Waals surface area (Å²) in [7, 11) is 2.11. The maximum absolute atomic E-state index is 9.13. The number of aliphatic hydroxyl groups is 1. The highest BCUT2D eigenvalue weighted by molar-refractivity contribution is 7.09. The number of likely N-dealkylation sites (N-methyl/N-ethyl adjacent to an activating group) is 1. The fourth-order valence-corrected chi connectivity index (χ4v) is 1.97. The van der Waals surface area contributed by atoms with Gasteiger partial charge in [0, 0.05) is 18.0 Å². The van der Waals surface area contributed by atoms with Gasteiger partial charge >= 0.3 is 0 Å². The molecule has 1 atom stereocenters. The zero-order chi connectivity index (χ0) is 10.4. The lowest BCUT2D eigenvalue weighted by Crippen LogP contribution is -2.24. The molecule has 14 heavy (non-hydrogen) atoms. The van der Waals surface area contributed by atoms with Gasteiger partial charge in [-0.25, -0.2) is 0 Å². The zero-order valence-corrected chi connectivity index (χ0v) is 9.76. The lowest BCUT2D eigenvalue weighted by atomic mass is 10.2. The SMILES string of the molecule is CC(O)CCN(C)CCc1cccs1. The van der Waals surface area contributed by atoms with Crippen molar-refractivity contribution in [2.45, 2.75) is 25.9 Å². The normalized spacial score (nSPS) is 13.4. The third kappa shape index (κ3) is 4.74. The summed E-state index contributed by atoms with van der Waals surface area (Å²) < 4.78 is 0. The minimum absolute atomic E-state index is 0.181. The van der Waals surface area contributed by atoms with Gasteiger partial charge < -0.3 is 10.0 Å². The Balaban J connectivity index is 2.12.